The van der Waals surface area contributed by atoms with E-state index in [2.05, 4.69) is 31.2 Å². The van der Waals surface area contributed by atoms with Crippen molar-refractivity contribution in [2.24, 2.45) is 0 Å². The molecule has 0 saturated carbocycles. The van der Waals surface area contributed by atoms with E-state index in [0.29, 0.717) is 12.4 Å². The number of fused-ring (bicyclic) bond motifs is 1. The number of halogens is 4. The summed E-state index contributed by atoms with van der Waals surface area (Å²) in [6.07, 6.45) is 0.156. The highest BCUT2D eigenvalue weighted by atomic mass is 79.9. The Labute approximate surface area is 132 Å². The largest absolute Gasteiger partial charge is 0.417 e. The Morgan fingerprint density at radius 2 is 1.95 bits per heavy atom. The van der Waals surface area contributed by atoms with Crippen molar-refractivity contribution in [3.63, 3.8) is 0 Å². The van der Waals surface area contributed by atoms with Crippen LogP contribution in [0, 0.1) is 0 Å². The standard InChI is InChI=1S/C14H10BrF3N4/c15-10-2-4-13-21-11(8-22(13)7-10)6-20-12-3-1-9(5-19-12)14(16,17)18/h1-5,7-8H,6H2,(H,19,20). The van der Waals surface area contributed by atoms with Crippen LogP contribution < -0.4 is 5.32 Å². The fourth-order valence-electron chi connectivity index (χ4n) is 1.95. The third-order valence-electron chi connectivity index (χ3n) is 3.01. The molecule has 3 aromatic rings. The topological polar surface area (TPSA) is 42.2 Å². The maximum absolute atomic E-state index is 12.4. The van der Waals surface area contributed by atoms with Gasteiger partial charge >= 0.3 is 6.18 Å². The summed E-state index contributed by atoms with van der Waals surface area (Å²) in [4.78, 5) is 8.15. The van der Waals surface area contributed by atoms with Crippen molar-refractivity contribution < 1.29 is 13.2 Å². The van der Waals surface area contributed by atoms with E-state index in [1.807, 2.05) is 28.9 Å². The number of anilines is 1. The quantitative estimate of drug-likeness (QED) is 0.753. The van der Waals surface area contributed by atoms with Crippen molar-refractivity contribution in [2.75, 3.05) is 5.32 Å². The number of aromatic nitrogens is 3. The van der Waals surface area contributed by atoms with Gasteiger partial charge in [-0.1, -0.05) is 0 Å². The molecule has 3 heterocycles. The Bertz CT molecular complexity index is 796. The Kier molecular flexibility index (Phi) is 3.78. The lowest BCUT2D eigenvalue weighted by atomic mass is 10.3. The summed E-state index contributed by atoms with van der Waals surface area (Å²) >= 11 is 3.37. The molecule has 0 aromatic carbocycles. The van der Waals surface area contributed by atoms with Crippen LogP contribution in [0.1, 0.15) is 11.3 Å². The summed E-state index contributed by atoms with van der Waals surface area (Å²) in [5, 5.41) is 2.95. The van der Waals surface area contributed by atoms with Crippen molar-refractivity contribution >= 4 is 27.4 Å². The van der Waals surface area contributed by atoms with E-state index in [1.165, 1.54) is 6.07 Å². The number of nitrogens with one attached hydrogen (secondary N) is 1. The second kappa shape index (κ2) is 5.60. The maximum atomic E-state index is 12.4. The molecule has 3 rings (SSSR count). The highest BCUT2D eigenvalue weighted by Crippen LogP contribution is 2.28. The Morgan fingerprint density at radius 1 is 1.14 bits per heavy atom. The minimum atomic E-state index is -4.37. The predicted molar refractivity (Wildman–Crippen MR) is 79.5 cm³/mol. The van der Waals surface area contributed by atoms with Crippen LogP contribution in [0.5, 0.6) is 0 Å². The molecule has 114 valence electrons. The first-order chi connectivity index (χ1) is 10.4. The monoisotopic (exact) mass is 370 g/mol. The normalized spacial score (nSPS) is 11.8. The second-order valence-corrected chi connectivity index (χ2v) is 5.54. The van der Waals surface area contributed by atoms with Gasteiger partial charge in [-0.25, -0.2) is 9.97 Å². The van der Waals surface area contributed by atoms with Crippen molar-refractivity contribution in [1.29, 1.82) is 0 Å². The smallest absolute Gasteiger partial charge is 0.364 e. The molecule has 0 bridgehead atoms. The first kappa shape index (κ1) is 14.8. The van der Waals surface area contributed by atoms with Crippen molar-refractivity contribution in [2.45, 2.75) is 12.7 Å². The molecule has 22 heavy (non-hydrogen) atoms. The van der Waals surface area contributed by atoms with Gasteiger partial charge < -0.3 is 9.72 Å². The van der Waals surface area contributed by atoms with E-state index in [4.69, 9.17) is 0 Å². The summed E-state index contributed by atoms with van der Waals surface area (Å²) in [5.41, 5.74) is 0.788. The minimum absolute atomic E-state index is 0.367. The molecule has 0 fully saturated rings. The molecule has 0 aliphatic carbocycles. The number of nitrogens with zero attached hydrogens (tertiary/aromatic N) is 3. The molecule has 0 unspecified atom stereocenters. The summed E-state index contributed by atoms with van der Waals surface area (Å²) < 4.78 is 40.1. The molecule has 0 amide bonds. The number of hydrogen-bond acceptors (Lipinski definition) is 3. The van der Waals surface area contributed by atoms with Gasteiger partial charge in [0.25, 0.3) is 0 Å². The zero-order chi connectivity index (χ0) is 15.7. The number of hydrogen-bond donors (Lipinski definition) is 1. The lowest BCUT2D eigenvalue weighted by molar-refractivity contribution is -0.137. The lowest BCUT2D eigenvalue weighted by Gasteiger charge is -2.07. The fraction of sp³-hybridized carbons (Fsp3) is 0.143. The molecular formula is C14H10BrF3N4. The third kappa shape index (κ3) is 3.22. The number of alkyl halides is 3. The van der Waals surface area contributed by atoms with Crippen LogP contribution in [0.3, 0.4) is 0 Å². The van der Waals surface area contributed by atoms with Crippen LogP contribution in [0.15, 0.2) is 47.3 Å². The van der Waals surface area contributed by atoms with E-state index < -0.39 is 11.7 Å². The lowest BCUT2D eigenvalue weighted by Crippen LogP contribution is -2.07. The predicted octanol–water partition coefficient (Wildman–Crippen LogP) is 4.12. The first-order valence-electron chi connectivity index (χ1n) is 6.32. The second-order valence-electron chi connectivity index (χ2n) is 4.63. The number of imidazole rings is 1. The van der Waals surface area contributed by atoms with Gasteiger partial charge in [0.05, 0.1) is 17.8 Å². The van der Waals surface area contributed by atoms with Crippen LogP contribution in [-0.4, -0.2) is 14.4 Å². The summed E-state index contributed by atoms with van der Waals surface area (Å²) in [6, 6.07) is 6.05. The van der Waals surface area contributed by atoms with Gasteiger partial charge in [0.2, 0.25) is 0 Å². The number of rotatable bonds is 3. The van der Waals surface area contributed by atoms with Crippen LogP contribution in [-0.2, 0) is 12.7 Å². The van der Waals surface area contributed by atoms with E-state index in [0.717, 1.165) is 28.1 Å². The SMILES string of the molecule is FC(F)(F)c1ccc(NCc2cn3cc(Br)ccc3n2)nc1. The van der Waals surface area contributed by atoms with Crippen LogP contribution >= 0.6 is 15.9 Å². The molecular weight excluding hydrogens is 361 g/mol. The number of pyridine rings is 2. The molecule has 3 aromatic heterocycles. The molecule has 8 heteroatoms. The van der Waals surface area contributed by atoms with Crippen LogP contribution in [0.4, 0.5) is 19.0 Å². The molecule has 0 aliphatic rings. The fourth-order valence-corrected chi connectivity index (χ4v) is 2.30. The van der Waals surface area contributed by atoms with Gasteiger partial charge in [-0.05, 0) is 40.2 Å². The van der Waals surface area contributed by atoms with E-state index in [9.17, 15) is 13.2 Å². The van der Waals surface area contributed by atoms with Gasteiger partial charge in [-0.2, -0.15) is 13.2 Å². The van der Waals surface area contributed by atoms with E-state index in [1.54, 1.807) is 0 Å². The molecule has 0 aliphatic heterocycles. The molecule has 0 atom stereocenters. The highest BCUT2D eigenvalue weighted by Gasteiger charge is 2.30. The molecule has 1 N–H and O–H groups in total. The molecule has 0 spiro atoms. The average molecular weight is 371 g/mol. The average Bonchev–Trinajstić information content (AvgIpc) is 2.86. The van der Waals surface area contributed by atoms with Crippen LogP contribution in [0.25, 0.3) is 5.65 Å². The molecule has 0 radical (unpaired) electrons. The summed E-state index contributed by atoms with van der Waals surface area (Å²) in [5.74, 6) is 0.367. The van der Waals surface area contributed by atoms with E-state index >= 15 is 0 Å². The van der Waals surface area contributed by atoms with Gasteiger partial charge in [-0.15, -0.1) is 0 Å². The van der Waals surface area contributed by atoms with Crippen molar-refractivity contribution in [3.05, 3.63) is 58.6 Å². The van der Waals surface area contributed by atoms with Crippen molar-refractivity contribution in [3.8, 4) is 0 Å². The zero-order valence-electron chi connectivity index (χ0n) is 11.1. The molecule has 4 nitrogen and oxygen atoms in total. The van der Waals surface area contributed by atoms with Gasteiger partial charge in [-0.3, -0.25) is 0 Å². The molecule has 0 saturated heterocycles. The summed E-state index contributed by atoms with van der Waals surface area (Å²) in [6.45, 7) is 0.373. The first-order valence-corrected chi connectivity index (χ1v) is 7.11. The van der Waals surface area contributed by atoms with Crippen LogP contribution in [0.2, 0.25) is 0 Å². The minimum Gasteiger partial charge on any atom is -0.364 e. The third-order valence-corrected chi connectivity index (χ3v) is 3.48. The zero-order valence-corrected chi connectivity index (χ0v) is 12.7. The maximum Gasteiger partial charge on any atom is 0.417 e. The van der Waals surface area contributed by atoms with E-state index in [-0.39, 0.29) is 0 Å². The van der Waals surface area contributed by atoms with Gasteiger partial charge in [0, 0.05) is 23.1 Å². The van der Waals surface area contributed by atoms with Crippen molar-refractivity contribution in [1.82, 2.24) is 14.4 Å². The Balaban J connectivity index is 1.71. The van der Waals surface area contributed by atoms with Gasteiger partial charge in [0.15, 0.2) is 0 Å². The Morgan fingerprint density at radius 3 is 2.64 bits per heavy atom. The highest BCUT2D eigenvalue weighted by molar-refractivity contribution is 9.10. The Hall–Kier alpha value is -2.09. The van der Waals surface area contributed by atoms with Gasteiger partial charge in [0.1, 0.15) is 11.5 Å². The summed E-state index contributed by atoms with van der Waals surface area (Å²) in [7, 11) is 0.